The SMILES string of the molecule is CCn1nc(C2CC2)cc1Nc1nc(C(=O)NCCCOCCOCCOCCCNC(=O)COc2cccc3c2C(=O)N(C2CCC(=O)NC2=O)C3=O)nc2[nH]c3cc(-c4c(C)noc4C)c(OC)cc3c12. The van der Waals surface area contributed by atoms with Gasteiger partial charge in [-0.05, 0) is 77.1 Å². The second-order valence-corrected chi connectivity index (χ2v) is 17.8. The summed E-state index contributed by atoms with van der Waals surface area (Å²) in [4.78, 5) is 90.1. The maximum absolute atomic E-state index is 13.6. The third-order valence-corrected chi connectivity index (χ3v) is 12.7. The molecule has 6 aromatic rings. The summed E-state index contributed by atoms with van der Waals surface area (Å²) in [7, 11) is 1.62. The number of hydrogen-bond acceptors (Lipinski definition) is 17. The lowest BCUT2D eigenvalue weighted by Gasteiger charge is -2.27. The Labute approximate surface area is 418 Å². The molecule has 1 aliphatic carbocycles. The van der Waals surface area contributed by atoms with Gasteiger partial charge in [0, 0.05) is 67.7 Å². The minimum Gasteiger partial charge on any atom is -0.496 e. The number of piperidine rings is 1. The van der Waals surface area contributed by atoms with E-state index in [2.05, 4.69) is 31.4 Å². The Morgan fingerprint density at radius 3 is 2.27 bits per heavy atom. The minimum atomic E-state index is -1.11. The fourth-order valence-electron chi connectivity index (χ4n) is 8.92. The van der Waals surface area contributed by atoms with E-state index in [4.69, 9.17) is 43.3 Å². The molecule has 6 amide bonds. The predicted octanol–water partition coefficient (Wildman–Crippen LogP) is 4.39. The van der Waals surface area contributed by atoms with Crippen molar-refractivity contribution in [2.45, 2.75) is 77.8 Å². The molecule has 2 aliphatic heterocycles. The lowest BCUT2D eigenvalue weighted by molar-refractivity contribution is -0.136. The van der Waals surface area contributed by atoms with Crippen molar-refractivity contribution in [2.75, 3.05) is 71.8 Å². The monoisotopic (exact) mass is 1000 g/mol. The molecule has 73 heavy (non-hydrogen) atoms. The normalized spacial score (nSPS) is 15.6. The summed E-state index contributed by atoms with van der Waals surface area (Å²) in [5.41, 5.74) is 4.67. The number of H-pyrrole nitrogens is 1. The molecular weight excluding hydrogens is 947 g/mol. The second-order valence-electron chi connectivity index (χ2n) is 17.8. The van der Waals surface area contributed by atoms with E-state index in [-0.39, 0.29) is 35.5 Å². The summed E-state index contributed by atoms with van der Waals surface area (Å²) in [5, 5.41) is 21.8. The smallest absolute Gasteiger partial charge is 0.289 e. The molecule has 384 valence electrons. The minimum absolute atomic E-state index is 0.00248. The van der Waals surface area contributed by atoms with E-state index in [1.54, 1.807) is 7.11 Å². The highest BCUT2D eigenvalue weighted by atomic mass is 16.5. The Morgan fingerprint density at radius 2 is 1.59 bits per heavy atom. The van der Waals surface area contributed by atoms with Crippen LogP contribution in [0.1, 0.15) is 99.8 Å². The number of carbonyl (C=O) groups is 6. The van der Waals surface area contributed by atoms with Crippen LogP contribution in [0.4, 0.5) is 11.6 Å². The number of nitrogens with zero attached hydrogens (tertiary/aromatic N) is 6. The van der Waals surface area contributed by atoms with Crippen LogP contribution in [0.25, 0.3) is 33.1 Å². The van der Waals surface area contributed by atoms with Gasteiger partial charge in [0.05, 0.1) is 67.0 Å². The molecular formula is C50H57N11O12. The van der Waals surface area contributed by atoms with Gasteiger partial charge in [0.15, 0.2) is 6.61 Å². The maximum atomic E-state index is 13.6. The lowest BCUT2D eigenvalue weighted by atomic mass is 10.0. The van der Waals surface area contributed by atoms with Gasteiger partial charge in [0.25, 0.3) is 23.6 Å². The molecule has 1 unspecified atom stereocenters. The molecule has 1 saturated heterocycles. The van der Waals surface area contributed by atoms with Crippen molar-refractivity contribution in [2.24, 2.45) is 0 Å². The predicted molar refractivity (Wildman–Crippen MR) is 262 cm³/mol. The number of hydrogen-bond donors (Lipinski definition) is 5. The summed E-state index contributed by atoms with van der Waals surface area (Å²) in [6, 6.07) is 9.29. The van der Waals surface area contributed by atoms with E-state index >= 15 is 0 Å². The Hall–Kier alpha value is -7.76. The number of aromatic amines is 1. The van der Waals surface area contributed by atoms with Crippen molar-refractivity contribution in [3.8, 4) is 22.6 Å². The topological polar surface area (TPSA) is 285 Å². The Balaban J connectivity index is 0.677. The van der Waals surface area contributed by atoms with Crippen LogP contribution in [0.3, 0.4) is 0 Å². The first-order chi connectivity index (χ1) is 35.4. The van der Waals surface area contributed by atoms with Gasteiger partial charge in [-0.1, -0.05) is 11.2 Å². The molecule has 23 nitrogen and oxygen atoms in total. The number of methoxy groups -OCH3 is 1. The van der Waals surface area contributed by atoms with Gasteiger partial charge >= 0.3 is 0 Å². The first kappa shape index (κ1) is 50.2. The van der Waals surface area contributed by atoms with Crippen molar-refractivity contribution in [1.29, 1.82) is 0 Å². The lowest BCUT2D eigenvalue weighted by Crippen LogP contribution is -2.54. The van der Waals surface area contributed by atoms with Gasteiger partial charge in [-0.3, -0.25) is 39.0 Å². The number of nitrogens with one attached hydrogen (secondary N) is 5. The second kappa shape index (κ2) is 22.3. The summed E-state index contributed by atoms with van der Waals surface area (Å²) in [5.74, 6) is -0.464. The van der Waals surface area contributed by atoms with Gasteiger partial charge in [-0.25, -0.2) is 14.6 Å². The highest BCUT2D eigenvalue weighted by Crippen LogP contribution is 2.43. The first-order valence-electron chi connectivity index (χ1n) is 24.4. The zero-order valence-electron chi connectivity index (χ0n) is 41.0. The van der Waals surface area contributed by atoms with Crippen LogP contribution >= 0.6 is 0 Å². The fourth-order valence-corrected chi connectivity index (χ4v) is 8.92. The third-order valence-electron chi connectivity index (χ3n) is 12.7. The molecule has 9 rings (SSSR count). The molecule has 0 bridgehead atoms. The van der Waals surface area contributed by atoms with Crippen LogP contribution in [0.15, 0.2) is 40.9 Å². The molecule has 6 heterocycles. The van der Waals surface area contributed by atoms with E-state index in [1.165, 1.54) is 18.2 Å². The summed E-state index contributed by atoms with van der Waals surface area (Å²) in [6.07, 6.45) is 3.32. The van der Waals surface area contributed by atoms with Crippen LogP contribution in [0.2, 0.25) is 0 Å². The number of ether oxygens (including phenoxy) is 5. The van der Waals surface area contributed by atoms with E-state index < -0.39 is 48.1 Å². The number of carbonyl (C=O) groups excluding carboxylic acids is 6. The number of amides is 6. The fraction of sp³-hybridized carbons (Fsp3) is 0.440. The summed E-state index contributed by atoms with van der Waals surface area (Å²) < 4.78 is 35.8. The molecule has 0 spiro atoms. The van der Waals surface area contributed by atoms with Crippen LogP contribution in [-0.4, -0.2) is 143 Å². The van der Waals surface area contributed by atoms with Crippen molar-refractivity contribution in [1.82, 2.24) is 50.7 Å². The van der Waals surface area contributed by atoms with Crippen molar-refractivity contribution in [3.63, 3.8) is 0 Å². The van der Waals surface area contributed by atoms with E-state index in [9.17, 15) is 28.8 Å². The zero-order valence-corrected chi connectivity index (χ0v) is 41.0. The highest BCUT2D eigenvalue weighted by molar-refractivity contribution is 6.24. The van der Waals surface area contributed by atoms with Gasteiger partial charge in [0.2, 0.25) is 17.6 Å². The molecule has 23 heteroatoms. The van der Waals surface area contributed by atoms with E-state index in [0.29, 0.717) is 106 Å². The first-order valence-corrected chi connectivity index (χ1v) is 24.4. The van der Waals surface area contributed by atoms with Crippen LogP contribution in [0, 0.1) is 13.8 Å². The van der Waals surface area contributed by atoms with Crippen LogP contribution < -0.4 is 30.7 Å². The van der Waals surface area contributed by atoms with Crippen LogP contribution in [0.5, 0.6) is 11.5 Å². The van der Waals surface area contributed by atoms with Gasteiger partial charge in [-0.15, -0.1) is 0 Å². The zero-order chi connectivity index (χ0) is 51.2. The summed E-state index contributed by atoms with van der Waals surface area (Å²) in [6.45, 7) is 8.80. The molecule has 4 aromatic heterocycles. The molecule has 0 radical (unpaired) electrons. The molecule has 1 saturated carbocycles. The number of benzene rings is 2. The Kier molecular flexibility index (Phi) is 15.4. The van der Waals surface area contributed by atoms with Crippen molar-refractivity contribution in [3.05, 3.63) is 70.5 Å². The maximum Gasteiger partial charge on any atom is 0.289 e. The van der Waals surface area contributed by atoms with E-state index in [1.807, 2.05) is 43.7 Å². The van der Waals surface area contributed by atoms with Crippen molar-refractivity contribution < 1.29 is 57.0 Å². The standard InChI is InChI=1S/C50H57N11O12/c1-5-60-38(25-33(58-60)29-11-12-29)54-45-43-31-24-37(68-4)32(41-27(2)59-73-28(41)3)23-34(31)53-44(43)56-46(57-45)48(65)52-16-8-18-70-20-22-71-21-19-69-17-7-15-51-40(63)26-72-36-10-6-9-30-42(36)50(67)61(49(30)66)35-13-14-39(62)55-47(35)64/h6,9-10,23-25,29,35H,5,7-8,11-22,26H2,1-4H3,(H,51,63)(H,52,65)(H,55,62,64)(H2,53,54,56,57). The molecule has 3 aliphatic rings. The number of anilines is 2. The molecule has 2 aromatic carbocycles. The quantitative estimate of drug-likeness (QED) is 0.0393. The number of aryl methyl sites for hydroxylation is 3. The number of aromatic nitrogens is 6. The Morgan fingerprint density at radius 1 is 0.849 bits per heavy atom. The Bertz CT molecular complexity index is 3070. The molecule has 2 fully saturated rings. The summed E-state index contributed by atoms with van der Waals surface area (Å²) >= 11 is 0. The van der Waals surface area contributed by atoms with Crippen LogP contribution in [-0.2, 0) is 35.1 Å². The molecule has 1 atom stereocenters. The highest BCUT2D eigenvalue weighted by Gasteiger charge is 2.46. The average molecular weight is 1000 g/mol. The van der Waals surface area contributed by atoms with Crippen molar-refractivity contribution >= 4 is 69.0 Å². The number of fused-ring (bicyclic) bond motifs is 4. The van der Waals surface area contributed by atoms with Gasteiger partial charge in [0.1, 0.15) is 40.6 Å². The number of rotatable bonds is 25. The number of imide groups is 2. The largest absolute Gasteiger partial charge is 0.496 e. The van der Waals surface area contributed by atoms with Gasteiger partial charge < -0.3 is 49.1 Å². The van der Waals surface area contributed by atoms with Gasteiger partial charge in [-0.2, -0.15) is 5.10 Å². The molecule has 5 N–H and O–H groups in total. The average Bonchev–Trinajstić information content (AvgIpc) is 3.82. The van der Waals surface area contributed by atoms with E-state index in [0.717, 1.165) is 57.0 Å². The third kappa shape index (κ3) is 11.0.